The highest BCUT2D eigenvalue weighted by molar-refractivity contribution is 9.11. The fourth-order valence-corrected chi connectivity index (χ4v) is 3.68. The number of aromatic nitrogens is 2. The Morgan fingerprint density at radius 1 is 1.30 bits per heavy atom. The summed E-state index contributed by atoms with van der Waals surface area (Å²) in [6.45, 7) is 0. The molecule has 0 unspecified atom stereocenters. The van der Waals surface area contributed by atoms with E-state index in [1.165, 1.54) is 12.6 Å². The van der Waals surface area contributed by atoms with Gasteiger partial charge in [0, 0.05) is 0 Å². The zero-order valence-corrected chi connectivity index (χ0v) is 15.6. The van der Waals surface area contributed by atoms with Crippen molar-refractivity contribution in [3.63, 3.8) is 0 Å². The van der Waals surface area contributed by atoms with Gasteiger partial charge in [0.2, 0.25) is 5.91 Å². The van der Waals surface area contributed by atoms with Gasteiger partial charge in [-0.05, 0) is 44.2 Å². The van der Waals surface area contributed by atoms with Crippen LogP contribution in [0.5, 0.6) is 0 Å². The van der Waals surface area contributed by atoms with Crippen molar-refractivity contribution in [1.29, 1.82) is 0 Å². The monoisotopic (exact) mass is 448 g/mol. The summed E-state index contributed by atoms with van der Waals surface area (Å²) < 4.78 is 0.914. The zero-order chi connectivity index (χ0) is 16.8. The van der Waals surface area contributed by atoms with E-state index < -0.39 is 18.0 Å². The van der Waals surface area contributed by atoms with Crippen LogP contribution in [0.2, 0.25) is 0 Å². The number of carbonyl (C=O) groups is 2. The summed E-state index contributed by atoms with van der Waals surface area (Å²) in [5, 5.41) is 13.9. The van der Waals surface area contributed by atoms with Gasteiger partial charge >= 0.3 is 6.09 Å². The average Bonchev–Trinajstić information content (AvgIpc) is 2.50. The van der Waals surface area contributed by atoms with Gasteiger partial charge in [-0.15, -0.1) is 0 Å². The molecule has 2 amide bonds. The van der Waals surface area contributed by atoms with Crippen LogP contribution in [-0.2, 0) is 4.79 Å². The van der Waals surface area contributed by atoms with Crippen molar-refractivity contribution < 1.29 is 14.7 Å². The molecule has 7 nitrogen and oxygen atoms in total. The summed E-state index contributed by atoms with van der Waals surface area (Å²) in [7, 11) is 0. The molecule has 1 saturated carbocycles. The number of nitrogens with one attached hydrogen (secondary N) is 2. The molecule has 1 aliphatic carbocycles. The Balaban J connectivity index is 2.04. The number of carboxylic acid groups (broad SMARTS) is 1. The van der Waals surface area contributed by atoms with Crippen LogP contribution in [0.25, 0.3) is 0 Å². The number of hydrogen-bond acceptors (Lipinski definition) is 4. The van der Waals surface area contributed by atoms with E-state index >= 15 is 0 Å². The molecule has 126 valence electrons. The summed E-state index contributed by atoms with van der Waals surface area (Å²) in [6.07, 6.45) is 6.30. The van der Waals surface area contributed by atoms with E-state index in [1.54, 1.807) is 0 Å². The number of rotatable bonds is 5. The van der Waals surface area contributed by atoms with Crippen LogP contribution in [0.15, 0.2) is 15.4 Å². The Morgan fingerprint density at radius 2 is 2.00 bits per heavy atom. The van der Waals surface area contributed by atoms with Crippen molar-refractivity contribution in [2.75, 3.05) is 5.32 Å². The highest BCUT2D eigenvalue weighted by atomic mass is 79.9. The van der Waals surface area contributed by atoms with E-state index in [-0.39, 0.29) is 5.82 Å². The summed E-state index contributed by atoms with van der Waals surface area (Å²) in [5.41, 5.74) is 0. The lowest BCUT2D eigenvalue weighted by atomic mass is 9.84. The Morgan fingerprint density at radius 3 is 2.61 bits per heavy atom. The molecule has 9 heteroatoms. The lowest BCUT2D eigenvalue weighted by molar-refractivity contribution is -0.118. The Hall–Kier alpha value is -1.22. The first-order valence-electron chi connectivity index (χ1n) is 7.44. The van der Waals surface area contributed by atoms with Crippen LogP contribution in [0, 0.1) is 5.92 Å². The normalized spacial score (nSPS) is 16.6. The molecular weight excluding hydrogens is 432 g/mol. The van der Waals surface area contributed by atoms with Crippen molar-refractivity contribution >= 4 is 49.7 Å². The molecule has 1 heterocycles. The minimum Gasteiger partial charge on any atom is -0.465 e. The summed E-state index contributed by atoms with van der Waals surface area (Å²) in [6, 6.07) is -0.798. The number of anilines is 1. The fourth-order valence-electron chi connectivity index (χ4n) is 2.77. The molecule has 0 aliphatic heterocycles. The maximum Gasteiger partial charge on any atom is 0.405 e. The van der Waals surface area contributed by atoms with Gasteiger partial charge in [-0.25, -0.2) is 14.8 Å². The van der Waals surface area contributed by atoms with Crippen LogP contribution in [0.4, 0.5) is 10.6 Å². The lowest BCUT2D eigenvalue weighted by Gasteiger charge is -2.25. The molecule has 1 fully saturated rings. The van der Waals surface area contributed by atoms with Gasteiger partial charge in [0.05, 0.1) is 6.20 Å². The maximum atomic E-state index is 12.4. The second kappa shape index (κ2) is 8.58. The second-order valence-corrected chi connectivity index (χ2v) is 7.13. The predicted octanol–water partition coefficient (Wildman–Crippen LogP) is 3.55. The largest absolute Gasteiger partial charge is 0.465 e. The lowest BCUT2D eigenvalue weighted by Crippen LogP contribution is -2.44. The van der Waals surface area contributed by atoms with Crippen molar-refractivity contribution in [2.45, 2.75) is 44.6 Å². The number of halogens is 2. The van der Waals surface area contributed by atoms with Crippen molar-refractivity contribution in [2.24, 2.45) is 5.92 Å². The van der Waals surface area contributed by atoms with Crippen LogP contribution >= 0.6 is 31.9 Å². The standard InChI is InChI=1S/C14H18Br2N4O3/c15-10-7-17-12(11(16)19-10)20-13(21)9(18-14(22)23)6-8-4-2-1-3-5-8/h7-9,18H,1-6H2,(H,22,23)(H,17,20,21)/t9-/m1/s1. The highest BCUT2D eigenvalue weighted by Gasteiger charge is 2.26. The molecule has 1 atom stereocenters. The Bertz CT molecular complexity index is 579. The third-order valence-electron chi connectivity index (χ3n) is 3.85. The average molecular weight is 450 g/mol. The minimum atomic E-state index is -1.21. The Kier molecular flexibility index (Phi) is 6.76. The fraction of sp³-hybridized carbons (Fsp3) is 0.571. The molecule has 0 bridgehead atoms. The van der Waals surface area contributed by atoms with E-state index in [0.717, 1.165) is 25.7 Å². The topological polar surface area (TPSA) is 104 Å². The van der Waals surface area contributed by atoms with E-state index in [0.29, 0.717) is 21.5 Å². The molecule has 0 aromatic carbocycles. The van der Waals surface area contributed by atoms with E-state index in [9.17, 15) is 9.59 Å². The van der Waals surface area contributed by atoms with Gasteiger partial charge in [-0.1, -0.05) is 32.1 Å². The highest BCUT2D eigenvalue weighted by Crippen LogP contribution is 2.28. The Labute approximate surface area is 150 Å². The molecule has 1 aromatic heterocycles. The van der Waals surface area contributed by atoms with Gasteiger partial charge in [0.25, 0.3) is 0 Å². The number of carbonyl (C=O) groups excluding carboxylic acids is 1. The van der Waals surface area contributed by atoms with Gasteiger partial charge in [0.15, 0.2) is 5.82 Å². The molecular formula is C14H18Br2N4O3. The molecule has 1 aliphatic rings. The van der Waals surface area contributed by atoms with Crippen LogP contribution < -0.4 is 10.6 Å². The van der Waals surface area contributed by atoms with Crippen LogP contribution in [0.1, 0.15) is 38.5 Å². The first-order valence-corrected chi connectivity index (χ1v) is 9.02. The molecule has 0 spiro atoms. The minimum absolute atomic E-state index is 0.263. The predicted molar refractivity (Wildman–Crippen MR) is 92.2 cm³/mol. The quantitative estimate of drug-likeness (QED) is 0.637. The van der Waals surface area contributed by atoms with Crippen molar-refractivity contribution in [3.8, 4) is 0 Å². The third kappa shape index (κ3) is 5.72. The first-order chi connectivity index (χ1) is 11.0. The van der Waals surface area contributed by atoms with E-state index in [1.807, 2.05) is 0 Å². The molecule has 23 heavy (non-hydrogen) atoms. The number of nitrogens with zero attached hydrogens (tertiary/aromatic N) is 2. The van der Waals surface area contributed by atoms with Crippen LogP contribution in [-0.4, -0.2) is 33.1 Å². The van der Waals surface area contributed by atoms with Gasteiger partial charge < -0.3 is 15.7 Å². The van der Waals surface area contributed by atoms with Crippen molar-refractivity contribution in [1.82, 2.24) is 15.3 Å². The number of hydrogen-bond donors (Lipinski definition) is 3. The SMILES string of the molecule is O=C(O)N[C@H](CC1CCCCC1)C(=O)Nc1ncc(Br)nc1Br. The van der Waals surface area contributed by atoms with Crippen molar-refractivity contribution in [3.05, 3.63) is 15.4 Å². The molecule has 0 saturated heterocycles. The van der Waals surface area contributed by atoms with Crippen LogP contribution in [0.3, 0.4) is 0 Å². The third-order valence-corrected chi connectivity index (χ3v) is 4.79. The summed E-state index contributed by atoms with van der Waals surface area (Å²) in [5.74, 6) is 0.208. The summed E-state index contributed by atoms with van der Waals surface area (Å²) >= 11 is 6.40. The second-order valence-electron chi connectivity index (χ2n) is 5.56. The molecule has 1 aromatic rings. The smallest absolute Gasteiger partial charge is 0.405 e. The maximum absolute atomic E-state index is 12.4. The molecule has 0 radical (unpaired) electrons. The zero-order valence-electron chi connectivity index (χ0n) is 12.4. The van der Waals surface area contributed by atoms with Gasteiger partial charge in [-0.2, -0.15) is 0 Å². The molecule has 2 rings (SSSR count). The van der Waals surface area contributed by atoms with E-state index in [2.05, 4.69) is 52.5 Å². The summed E-state index contributed by atoms with van der Waals surface area (Å²) in [4.78, 5) is 31.6. The van der Waals surface area contributed by atoms with E-state index in [4.69, 9.17) is 5.11 Å². The van der Waals surface area contributed by atoms with Gasteiger partial charge in [-0.3, -0.25) is 4.79 Å². The van der Waals surface area contributed by atoms with Gasteiger partial charge in [0.1, 0.15) is 15.2 Å². The number of amides is 2. The molecule has 3 N–H and O–H groups in total. The first kappa shape index (κ1) is 18.1.